The van der Waals surface area contributed by atoms with Gasteiger partial charge in [-0.15, -0.1) is 0 Å². The van der Waals surface area contributed by atoms with Crippen LogP contribution in [0.5, 0.6) is 0 Å². The molecular formula is C20H26FN7O2. The zero-order valence-electron chi connectivity index (χ0n) is 17.1. The number of anilines is 2. The second-order valence-electron chi connectivity index (χ2n) is 6.86. The summed E-state index contributed by atoms with van der Waals surface area (Å²) in [4.78, 5) is 35.7. The summed E-state index contributed by atoms with van der Waals surface area (Å²) in [6.07, 6.45) is 3.19. The van der Waals surface area contributed by atoms with Crippen molar-refractivity contribution in [1.82, 2.24) is 25.5 Å². The summed E-state index contributed by atoms with van der Waals surface area (Å²) in [6.45, 7) is 5.68. The maximum Gasteiger partial charge on any atom is 0.320 e. The van der Waals surface area contributed by atoms with E-state index in [1.54, 1.807) is 32.3 Å². The highest BCUT2D eigenvalue weighted by Gasteiger charge is 2.20. The van der Waals surface area contributed by atoms with Crippen LogP contribution in [0.25, 0.3) is 0 Å². The number of rotatable bonds is 6. The number of piperazine rings is 1. The van der Waals surface area contributed by atoms with Crippen molar-refractivity contribution in [1.29, 1.82) is 0 Å². The molecule has 2 aromatic heterocycles. The van der Waals surface area contributed by atoms with E-state index >= 15 is 0 Å². The minimum atomic E-state index is -0.514. The Balaban J connectivity index is 1.57. The van der Waals surface area contributed by atoms with E-state index in [2.05, 4.69) is 35.7 Å². The largest absolute Gasteiger partial charge is 0.368 e. The van der Waals surface area contributed by atoms with Crippen molar-refractivity contribution in [2.75, 3.05) is 50.0 Å². The maximum atomic E-state index is 14.7. The molecule has 3 N–H and O–H groups in total. The molecule has 2 aromatic rings. The van der Waals surface area contributed by atoms with Crippen molar-refractivity contribution < 1.29 is 14.0 Å². The molecule has 1 saturated heterocycles. The molecule has 0 bridgehead atoms. The van der Waals surface area contributed by atoms with Crippen LogP contribution in [0.1, 0.15) is 23.0 Å². The van der Waals surface area contributed by atoms with E-state index in [0.29, 0.717) is 24.3 Å². The van der Waals surface area contributed by atoms with Crippen LogP contribution in [0.2, 0.25) is 0 Å². The average molecular weight is 415 g/mol. The lowest BCUT2D eigenvalue weighted by Gasteiger charge is -2.36. The molecule has 0 unspecified atom stereocenters. The fraction of sp³-hybridized carbons (Fsp3) is 0.400. The SMILES string of the molecule is CCNC(=O)Nc1nccc(CN2CCN(c3ccc(C(=O)NC)nc3)CC2)c1F. The molecule has 160 valence electrons. The Hall–Kier alpha value is -3.27. The van der Waals surface area contributed by atoms with E-state index in [9.17, 15) is 14.0 Å². The number of halogens is 1. The van der Waals surface area contributed by atoms with Crippen LogP contribution >= 0.6 is 0 Å². The van der Waals surface area contributed by atoms with E-state index in [1.165, 1.54) is 6.20 Å². The zero-order chi connectivity index (χ0) is 21.5. The summed E-state index contributed by atoms with van der Waals surface area (Å²) in [5.74, 6) is -0.800. The Labute approximate surface area is 174 Å². The van der Waals surface area contributed by atoms with Crippen molar-refractivity contribution in [2.24, 2.45) is 0 Å². The van der Waals surface area contributed by atoms with Gasteiger partial charge in [0, 0.05) is 58.1 Å². The standard InChI is InChI=1S/C20H26FN7O2/c1-3-23-20(30)26-18-17(21)14(6-7-24-18)13-27-8-10-28(11-9-27)15-4-5-16(25-12-15)19(29)22-2/h4-7,12H,3,8-11,13H2,1-2H3,(H,22,29)(H2,23,24,26,30). The van der Waals surface area contributed by atoms with Crippen LogP contribution in [0, 0.1) is 5.82 Å². The van der Waals surface area contributed by atoms with Gasteiger partial charge >= 0.3 is 6.03 Å². The van der Waals surface area contributed by atoms with Crippen molar-refractivity contribution in [3.8, 4) is 0 Å². The molecule has 1 aliphatic heterocycles. The number of carbonyl (C=O) groups is 2. The lowest BCUT2D eigenvalue weighted by molar-refractivity contribution is 0.0958. The molecule has 0 radical (unpaired) electrons. The number of hydrogen-bond acceptors (Lipinski definition) is 6. The van der Waals surface area contributed by atoms with Gasteiger partial charge in [-0.05, 0) is 25.1 Å². The van der Waals surface area contributed by atoms with Gasteiger partial charge in [0.15, 0.2) is 11.6 Å². The van der Waals surface area contributed by atoms with Gasteiger partial charge < -0.3 is 15.5 Å². The summed E-state index contributed by atoms with van der Waals surface area (Å²) < 4.78 is 14.7. The molecule has 0 aromatic carbocycles. The topological polar surface area (TPSA) is 102 Å². The first-order valence-electron chi connectivity index (χ1n) is 9.85. The molecule has 3 amide bonds. The number of nitrogens with one attached hydrogen (secondary N) is 3. The Bertz CT molecular complexity index is 883. The van der Waals surface area contributed by atoms with Gasteiger partial charge in [0.2, 0.25) is 0 Å². The van der Waals surface area contributed by atoms with Crippen LogP contribution in [0.4, 0.5) is 20.7 Å². The third-order valence-corrected chi connectivity index (χ3v) is 4.88. The number of pyridine rings is 2. The molecular weight excluding hydrogens is 389 g/mol. The highest BCUT2D eigenvalue weighted by Crippen LogP contribution is 2.20. The quantitative estimate of drug-likeness (QED) is 0.660. The minimum Gasteiger partial charge on any atom is -0.368 e. The molecule has 0 aliphatic carbocycles. The summed E-state index contributed by atoms with van der Waals surface area (Å²) in [7, 11) is 1.57. The molecule has 9 nitrogen and oxygen atoms in total. The lowest BCUT2D eigenvalue weighted by Crippen LogP contribution is -2.46. The van der Waals surface area contributed by atoms with Gasteiger partial charge in [-0.1, -0.05) is 0 Å². The van der Waals surface area contributed by atoms with Crippen molar-refractivity contribution in [3.63, 3.8) is 0 Å². The highest BCUT2D eigenvalue weighted by molar-refractivity contribution is 5.92. The predicted octanol–water partition coefficient (Wildman–Crippen LogP) is 1.44. The number of hydrogen-bond donors (Lipinski definition) is 3. The molecule has 30 heavy (non-hydrogen) atoms. The molecule has 10 heteroatoms. The first kappa shape index (κ1) is 21.4. The molecule has 0 saturated carbocycles. The van der Waals surface area contributed by atoms with Gasteiger partial charge in [0.05, 0.1) is 11.9 Å². The van der Waals surface area contributed by atoms with E-state index < -0.39 is 11.8 Å². The molecule has 3 rings (SSSR count). The summed E-state index contributed by atoms with van der Waals surface area (Å²) in [6, 6.07) is 4.74. The number of nitrogens with zero attached hydrogens (tertiary/aromatic N) is 4. The third kappa shape index (κ3) is 5.20. The Morgan fingerprint density at radius 1 is 1.13 bits per heavy atom. The summed E-state index contributed by atoms with van der Waals surface area (Å²) in [5, 5.41) is 7.54. The van der Waals surface area contributed by atoms with Crippen LogP contribution in [-0.2, 0) is 6.54 Å². The van der Waals surface area contributed by atoms with Crippen molar-refractivity contribution >= 4 is 23.4 Å². The van der Waals surface area contributed by atoms with Gasteiger partial charge in [-0.25, -0.2) is 19.2 Å². The first-order valence-corrected chi connectivity index (χ1v) is 9.85. The number of urea groups is 1. The Kier molecular flexibility index (Phi) is 7.12. The minimum absolute atomic E-state index is 0.0700. The zero-order valence-corrected chi connectivity index (χ0v) is 17.1. The van der Waals surface area contributed by atoms with E-state index in [-0.39, 0.29) is 11.7 Å². The average Bonchev–Trinajstić information content (AvgIpc) is 2.77. The third-order valence-electron chi connectivity index (χ3n) is 4.88. The first-order chi connectivity index (χ1) is 14.5. The molecule has 1 fully saturated rings. The van der Waals surface area contributed by atoms with E-state index in [0.717, 1.165) is 31.9 Å². The fourth-order valence-corrected chi connectivity index (χ4v) is 3.25. The number of aromatic nitrogens is 2. The highest BCUT2D eigenvalue weighted by atomic mass is 19.1. The van der Waals surface area contributed by atoms with Crippen LogP contribution in [-0.4, -0.2) is 66.6 Å². The van der Waals surface area contributed by atoms with Crippen molar-refractivity contribution in [2.45, 2.75) is 13.5 Å². The summed E-state index contributed by atoms with van der Waals surface area (Å²) >= 11 is 0. The molecule has 1 aliphatic rings. The van der Waals surface area contributed by atoms with Gasteiger partial charge in [0.25, 0.3) is 5.91 Å². The molecule has 0 spiro atoms. The Morgan fingerprint density at radius 2 is 1.90 bits per heavy atom. The van der Waals surface area contributed by atoms with Crippen LogP contribution < -0.4 is 20.9 Å². The van der Waals surface area contributed by atoms with Gasteiger partial charge in [0.1, 0.15) is 5.69 Å². The second kappa shape index (κ2) is 9.97. The van der Waals surface area contributed by atoms with Crippen LogP contribution in [0.3, 0.4) is 0 Å². The van der Waals surface area contributed by atoms with Crippen molar-refractivity contribution in [3.05, 3.63) is 47.7 Å². The van der Waals surface area contributed by atoms with Gasteiger partial charge in [-0.3, -0.25) is 15.0 Å². The summed E-state index contributed by atoms with van der Waals surface area (Å²) in [5.41, 5.74) is 1.82. The normalized spacial score (nSPS) is 14.3. The van der Waals surface area contributed by atoms with E-state index in [1.807, 2.05) is 6.07 Å². The Morgan fingerprint density at radius 3 is 2.53 bits per heavy atom. The lowest BCUT2D eigenvalue weighted by atomic mass is 10.2. The smallest absolute Gasteiger partial charge is 0.320 e. The second-order valence-corrected chi connectivity index (χ2v) is 6.86. The molecule has 3 heterocycles. The van der Waals surface area contributed by atoms with Gasteiger partial charge in [-0.2, -0.15) is 0 Å². The monoisotopic (exact) mass is 415 g/mol. The molecule has 0 atom stereocenters. The van der Waals surface area contributed by atoms with E-state index in [4.69, 9.17) is 0 Å². The number of carbonyl (C=O) groups excluding carboxylic acids is 2. The number of amides is 3. The fourth-order valence-electron chi connectivity index (χ4n) is 3.25. The predicted molar refractivity (Wildman–Crippen MR) is 112 cm³/mol. The maximum absolute atomic E-state index is 14.7. The van der Waals surface area contributed by atoms with Crippen LogP contribution in [0.15, 0.2) is 30.6 Å².